The third-order valence-electron chi connectivity index (χ3n) is 3.06. The topological polar surface area (TPSA) is 62.8 Å². The van der Waals surface area contributed by atoms with Crippen molar-refractivity contribution in [1.29, 1.82) is 0 Å². The molecule has 3 rings (SSSR count). The van der Waals surface area contributed by atoms with E-state index in [-0.39, 0.29) is 4.90 Å². The van der Waals surface area contributed by atoms with E-state index in [0.29, 0.717) is 32.5 Å². The number of nitrogens with one attached hydrogen (secondary N) is 1. The van der Waals surface area contributed by atoms with Crippen LogP contribution in [-0.2, 0) is 9.84 Å². The van der Waals surface area contributed by atoms with E-state index in [1.54, 1.807) is 30.3 Å². The Bertz CT molecular complexity index is 949. The van der Waals surface area contributed by atoms with E-state index in [2.05, 4.69) is 9.97 Å². The van der Waals surface area contributed by atoms with E-state index in [1.807, 2.05) is 0 Å². The van der Waals surface area contributed by atoms with Crippen LogP contribution >= 0.6 is 23.2 Å². The maximum absolute atomic E-state index is 11.8. The molecule has 0 aliphatic carbocycles. The number of aromatic nitrogens is 2. The molecule has 1 heterocycles. The number of rotatable bonds is 2. The summed E-state index contributed by atoms with van der Waals surface area (Å²) in [5.41, 5.74) is 1.65. The number of halogens is 2. The number of nitrogens with zero attached hydrogens (tertiary/aromatic N) is 1. The first-order valence-electron chi connectivity index (χ1n) is 6.00. The van der Waals surface area contributed by atoms with Crippen LogP contribution in [0.3, 0.4) is 0 Å². The number of hydrogen-bond acceptors (Lipinski definition) is 3. The Morgan fingerprint density at radius 3 is 2.62 bits per heavy atom. The van der Waals surface area contributed by atoms with Crippen LogP contribution in [0.2, 0.25) is 10.0 Å². The van der Waals surface area contributed by atoms with Crippen molar-refractivity contribution in [3.63, 3.8) is 0 Å². The lowest BCUT2D eigenvalue weighted by Gasteiger charge is -2.00. The van der Waals surface area contributed by atoms with E-state index < -0.39 is 9.84 Å². The van der Waals surface area contributed by atoms with Gasteiger partial charge in [0, 0.05) is 16.8 Å². The number of imidazole rings is 1. The van der Waals surface area contributed by atoms with Crippen molar-refractivity contribution < 1.29 is 8.42 Å². The summed E-state index contributed by atoms with van der Waals surface area (Å²) in [7, 11) is -3.36. The zero-order valence-electron chi connectivity index (χ0n) is 10.9. The number of H-pyrrole nitrogens is 1. The highest BCUT2D eigenvalue weighted by molar-refractivity contribution is 7.91. The van der Waals surface area contributed by atoms with Gasteiger partial charge in [0.05, 0.1) is 15.4 Å². The molecule has 4 nitrogen and oxygen atoms in total. The molecule has 108 valence electrons. The lowest BCUT2D eigenvalue weighted by molar-refractivity contribution is 0.602. The smallest absolute Gasteiger partial charge is 0.177 e. The van der Waals surface area contributed by atoms with E-state index in [1.165, 1.54) is 6.07 Å². The minimum absolute atomic E-state index is 0.181. The molecular weight excluding hydrogens is 331 g/mol. The standard InChI is InChI=1S/C14H10Cl2N2O2S/c1-21(19,20)12-4-2-3-11-13(12)18-14(17-11)9-7-8(15)5-6-10(9)16/h2-7H,1H3,(H,17,18). The van der Waals surface area contributed by atoms with E-state index in [0.717, 1.165) is 6.26 Å². The Morgan fingerprint density at radius 1 is 1.14 bits per heavy atom. The zero-order chi connectivity index (χ0) is 15.2. The van der Waals surface area contributed by atoms with Gasteiger partial charge in [-0.25, -0.2) is 13.4 Å². The highest BCUT2D eigenvalue weighted by atomic mass is 35.5. The highest BCUT2D eigenvalue weighted by Gasteiger charge is 2.16. The number of benzene rings is 2. The molecule has 0 aliphatic rings. The van der Waals surface area contributed by atoms with Gasteiger partial charge in [-0.2, -0.15) is 0 Å². The molecule has 0 aliphatic heterocycles. The van der Waals surface area contributed by atoms with Crippen molar-refractivity contribution in [1.82, 2.24) is 9.97 Å². The zero-order valence-corrected chi connectivity index (χ0v) is 13.2. The Balaban J connectivity index is 2.30. The van der Waals surface area contributed by atoms with Crippen molar-refractivity contribution in [3.8, 4) is 11.4 Å². The van der Waals surface area contributed by atoms with Crippen LogP contribution in [0, 0.1) is 0 Å². The van der Waals surface area contributed by atoms with Gasteiger partial charge < -0.3 is 4.98 Å². The van der Waals surface area contributed by atoms with Crippen LogP contribution in [0.1, 0.15) is 0 Å². The fourth-order valence-electron chi connectivity index (χ4n) is 2.11. The average Bonchev–Trinajstić information content (AvgIpc) is 2.83. The second-order valence-electron chi connectivity index (χ2n) is 4.63. The van der Waals surface area contributed by atoms with Crippen molar-refractivity contribution in [2.75, 3.05) is 6.26 Å². The molecule has 1 N–H and O–H groups in total. The predicted octanol–water partition coefficient (Wildman–Crippen LogP) is 3.94. The molecule has 0 saturated heterocycles. The van der Waals surface area contributed by atoms with Gasteiger partial charge in [0.2, 0.25) is 0 Å². The molecule has 0 bridgehead atoms. The normalized spacial score (nSPS) is 12.0. The Kier molecular flexibility index (Phi) is 3.43. The Labute approximate surface area is 131 Å². The lowest BCUT2D eigenvalue weighted by atomic mass is 10.2. The maximum atomic E-state index is 11.8. The Morgan fingerprint density at radius 2 is 1.90 bits per heavy atom. The molecule has 0 unspecified atom stereocenters. The summed E-state index contributed by atoms with van der Waals surface area (Å²) >= 11 is 12.1. The first kappa shape index (κ1) is 14.4. The fraction of sp³-hybridized carbons (Fsp3) is 0.0714. The number of fused-ring (bicyclic) bond motifs is 1. The molecule has 3 aromatic rings. The average molecular weight is 341 g/mol. The van der Waals surface area contributed by atoms with Gasteiger partial charge in [-0.05, 0) is 30.3 Å². The SMILES string of the molecule is CS(=O)(=O)c1cccc2[nH]c(-c3cc(Cl)ccc3Cl)nc12. The largest absolute Gasteiger partial charge is 0.338 e. The summed E-state index contributed by atoms with van der Waals surface area (Å²) in [6, 6.07) is 9.99. The summed E-state index contributed by atoms with van der Waals surface area (Å²) < 4.78 is 23.6. The molecule has 0 fully saturated rings. The summed E-state index contributed by atoms with van der Waals surface area (Å²) in [4.78, 5) is 7.63. The van der Waals surface area contributed by atoms with E-state index >= 15 is 0 Å². The first-order valence-corrected chi connectivity index (χ1v) is 8.65. The quantitative estimate of drug-likeness (QED) is 0.768. The molecule has 0 amide bonds. The van der Waals surface area contributed by atoms with E-state index in [9.17, 15) is 8.42 Å². The molecular formula is C14H10Cl2N2O2S. The Hall–Kier alpha value is -1.56. The molecule has 0 atom stereocenters. The summed E-state index contributed by atoms with van der Waals surface area (Å²) in [6.07, 6.45) is 1.16. The third kappa shape index (κ3) is 2.64. The van der Waals surface area contributed by atoms with Crippen LogP contribution in [0.4, 0.5) is 0 Å². The number of para-hydroxylation sites is 1. The monoisotopic (exact) mass is 340 g/mol. The van der Waals surface area contributed by atoms with Crippen LogP contribution in [0.25, 0.3) is 22.4 Å². The summed E-state index contributed by atoms with van der Waals surface area (Å²) in [5.74, 6) is 0.480. The third-order valence-corrected chi connectivity index (χ3v) is 4.75. The van der Waals surface area contributed by atoms with Crippen LogP contribution in [-0.4, -0.2) is 24.6 Å². The molecule has 0 radical (unpaired) electrons. The second-order valence-corrected chi connectivity index (χ2v) is 7.46. The van der Waals surface area contributed by atoms with Crippen molar-refractivity contribution in [2.45, 2.75) is 4.90 Å². The molecule has 0 saturated carbocycles. The fourth-order valence-corrected chi connectivity index (χ4v) is 3.32. The molecule has 2 aromatic carbocycles. The molecule has 21 heavy (non-hydrogen) atoms. The van der Waals surface area contributed by atoms with Gasteiger partial charge in [0.1, 0.15) is 11.3 Å². The predicted molar refractivity (Wildman–Crippen MR) is 84.7 cm³/mol. The van der Waals surface area contributed by atoms with Gasteiger partial charge in [0.25, 0.3) is 0 Å². The number of hydrogen-bond donors (Lipinski definition) is 1. The van der Waals surface area contributed by atoms with Crippen LogP contribution in [0.5, 0.6) is 0 Å². The van der Waals surface area contributed by atoms with Crippen molar-refractivity contribution in [3.05, 3.63) is 46.4 Å². The lowest BCUT2D eigenvalue weighted by Crippen LogP contribution is -1.97. The number of sulfone groups is 1. The summed E-state index contributed by atoms with van der Waals surface area (Å²) in [6.45, 7) is 0. The van der Waals surface area contributed by atoms with Gasteiger partial charge in [0.15, 0.2) is 9.84 Å². The first-order chi connectivity index (χ1) is 9.86. The van der Waals surface area contributed by atoms with Gasteiger partial charge in [-0.1, -0.05) is 29.3 Å². The van der Waals surface area contributed by atoms with Gasteiger partial charge >= 0.3 is 0 Å². The van der Waals surface area contributed by atoms with Crippen molar-refractivity contribution in [2.24, 2.45) is 0 Å². The maximum Gasteiger partial charge on any atom is 0.177 e. The van der Waals surface area contributed by atoms with Crippen molar-refractivity contribution >= 4 is 44.1 Å². The highest BCUT2D eigenvalue weighted by Crippen LogP contribution is 2.31. The molecule has 7 heteroatoms. The van der Waals surface area contributed by atoms with E-state index in [4.69, 9.17) is 23.2 Å². The van der Waals surface area contributed by atoms with Crippen LogP contribution in [0.15, 0.2) is 41.3 Å². The second kappa shape index (κ2) is 5.02. The van der Waals surface area contributed by atoms with Gasteiger partial charge in [-0.3, -0.25) is 0 Å². The molecule has 1 aromatic heterocycles. The molecule has 0 spiro atoms. The summed E-state index contributed by atoms with van der Waals surface area (Å²) in [5, 5.41) is 1.01. The minimum Gasteiger partial charge on any atom is -0.338 e. The van der Waals surface area contributed by atoms with Crippen LogP contribution < -0.4 is 0 Å². The minimum atomic E-state index is -3.36. The van der Waals surface area contributed by atoms with Gasteiger partial charge in [-0.15, -0.1) is 0 Å². The number of aromatic amines is 1.